The average Bonchev–Trinajstić information content (AvgIpc) is 3.23. The number of anilines is 1. The van der Waals surface area contributed by atoms with E-state index in [1.165, 1.54) is 16.4 Å². The van der Waals surface area contributed by atoms with Gasteiger partial charge in [0.25, 0.3) is 5.91 Å². The molecule has 1 aliphatic rings. The van der Waals surface area contributed by atoms with E-state index in [2.05, 4.69) is 0 Å². The SMILES string of the molecule is CC(OC(=O)c1ccc(N2CCCS2(=O)=O)cc1)C(=O)N(Cc1ccccc1)Cc1ccccc1. The van der Waals surface area contributed by atoms with Gasteiger partial charge in [0, 0.05) is 19.6 Å². The largest absolute Gasteiger partial charge is 0.449 e. The maximum atomic E-state index is 13.3. The summed E-state index contributed by atoms with van der Waals surface area (Å²) < 4.78 is 31.1. The quantitative estimate of drug-likeness (QED) is 0.444. The van der Waals surface area contributed by atoms with Crippen LogP contribution in [0, 0.1) is 0 Å². The van der Waals surface area contributed by atoms with Crippen LogP contribution in [0.15, 0.2) is 84.9 Å². The van der Waals surface area contributed by atoms with Crippen LogP contribution in [-0.4, -0.2) is 43.6 Å². The van der Waals surface area contributed by atoms with Crippen molar-refractivity contribution in [3.05, 3.63) is 102 Å². The number of esters is 1. The summed E-state index contributed by atoms with van der Waals surface area (Å²) in [6.45, 7) is 2.76. The van der Waals surface area contributed by atoms with Gasteiger partial charge >= 0.3 is 5.97 Å². The second kappa shape index (κ2) is 10.7. The number of carbonyl (C=O) groups is 2. The molecule has 0 aromatic heterocycles. The van der Waals surface area contributed by atoms with Crippen LogP contribution in [0.25, 0.3) is 0 Å². The van der Waals surface area contributed by atoms with Crippen molar-refractivity contribution < 1.29 is 22.7 Å². The minimum Gasteiger partial charge on any atom is -0.449 e. The molecule has 4 rings (SSSR count). The third-order valence-electron chi connectivity index (χ3n) is 5.87. The van der Waals surface area contributed by atoms with Gasteiger partial charge in [-0.1, -0.05) is 60.7 Å². The molecule has 8 heteroatoms. The van der Waals surface area contributed by atoms with Gasteiger partial charge in [-0.3, -0.25) is 9.10 Å². The summed E-state index contributed by atoms with van der Waals surface area (Å²) in [6.07, 6.45) is -0.414. The van der Waals surface area contributed by atoms with Gasteiger partial charge < -0.3 is 9.64 Å². The van der Waals surface area contributed by atoms with Crippen molar-refractivity contribution in [1.82, 2.24) is 4.90 Å². The summed E-state index contributed by atoms with van der Waals surface area (Å²) >= 11 is 0. The second-order valence-corrected chi connectivity index (χ2v) is 10.5. The van der Waals surface area contributed by atoms with Crippen LogP contribution in [0.1, 0.15) is 34.8 Å². The first-order valence-corrected chi connectivity index (χ1v) is 13.1. The lowest BCUT2D eigenvalue weighted by Crippen LogP contribution is -2.39. The highest BCUT2D eigenvalue weighted by atomic mass is 32.2. The average molecular weight is 493 g/mol. The molecule has 1 amide bonds. The van der Waals surface area contributed by atoms with Crippen LogP contribution in [0.3, 0.4) is 0 Å². The fourth-order valence-corrected chi connectivity index (χ4v) is 5.61. The number of hydrogen-bond acceptors (Lipinski definition) is 5. The van der Waals surface area contributed by atoms with Gasteiger partial charge in [-0.25, -0.2) is 13.2 Å². The van der Waals surface area contributed by atoms with Crippen molar-refractivity contribution in [2.75, 3.05) is 16.6 Å². The lowest BCUT2D eigenvalue weighted by molar-refractivity contribution is -0.141. The molecule has 0 N–H and O–H groups in total. The van der Waals surface area contributed by atoms with Crippen LogP contribution in [0.2, 0.25) is 0 Å². The Morgan fingerprint density at radius 2 is 1.43 bits per heavy atom. The number of rotatable bonds is 8. The van der Waals surface area contributed by atoms with Gasteiger partial charge in [0.1, 0.15) is 0 Å². The first-order chi connectivity index (χ1) is 16.8. The van der Waals surface area contributed by atoms with E-state index < -0.39 is 22.1 Å². The number of ether oxygens (including phenoxy) is 1. The number of carbonyl (C=O) groups excluding carboxylic acids is 2. The molecule has 1 aliphatic heterocycles. The van der Waals surface area contributed by atoms with Gasteiger partial charge in [0.15, 0.2) is 6.10 Å². The smallest absolute Gasteiger partial charge is 0.338 e. The Labute approximate surface area is 206 Å². The fourth-order valence-electron chi connectivity index (χ4n) is 4.05. The number of sulfonamides is 1. The van der Waals surface area contributed by atoms with E-state index >= 15 is 0 Å². The zero-order valence-electron chi connectivity index (χ0n) is 19.5. The van der Waals surface area contributed by atoms with E-state index in [1.807, 2.05) is 60.7 Å². The van der Waals surface area contributed by atoms with Gasteiger partial charge in [-0.2, -0.15) is 0 Å². The molecule has 1 fully saturated rings. The molecule has 1 saturated heterocycles. The van der Waals surface area contributed by atoms with Crippen molar-refractivity contribution in [2.45, 2.75) is 32.5 Å². The molecule has 1 atom stereocenters. The molecule has 0 spiro atoms. The highest BCUT2D eigenvalue weighted by Crippen LogP contribution is 2.24. The molecule has 7 nitrogen and oxygen atoms in total. The van der Waals surface area contributed by atoms with E-state index in [9.17, 15) is 18.0 Å². The van der Waals surface area contributed by atoms with Gasteiger partial charge in [0.2, 0.25) is 10.0 Å². The minimum atomic E-state index is -3.30. The third kappa shape index (κ3) is 6.08. The summed E-state index contributed by atoms with van der Waals surface area (Å²) in [5.41, 5.74) is 2.72. The van der Waals surface area contributed by atoms with Crippen LogP contribution in [0.5, 0.6) is 0 Å². The Kier molecular flexibility index (Phi) is 7.51. The van der Waals surface area contributed by atoms with Crippen LogP contribution < -0.4 is 4.31 Å². The molecule has 0 bridgehead atoms. The molecule has 3 aromatic carbocycles. The van der Waals surface area contributed by atoms with Gasteiger partial charge in [-0.05, 0) is 48.7 Å². The van der Waals surface area contributed by atoms with Crippen LogP contribution in [-0.2, 0) is 32.6 Å². The number of amides is 1. The van der Waals surface area contributed by atoms with E-state index in [0.29, 0.717) is 31.7 Å². The predicted octanol–water partition coefficient (Wildman–Crippen LogP) is 4.00. The number of hydrogen-bond donors (Lipinski definition) is 0. The molecular formula is C27H28N2O5S. The molecular weight excluding hydrogens is 464 g/mol. The van der Waals surface area contributed by atoms with Crippen molar-refractivity contribution in [3.8, 4) is 0 Å². The number of nitrogens with zero attached hydrogens (tertiary/aromatic N) is 2. The summed E-state index contributed by atoms with van der Waals surface area (Å²) in [6, 6.07) is 25.5. The lowest BCUT2D eigenvalue weighted by Gasteiger charge is -2.26. The summed E-state index contributed by atoms with van der Waals surface area (Å²) in [7, 11) is -3.30. The zero-order valence-corrected chi connectivity index (χ0v) is 20.4. The highest BCUT2D eigenvalue weighted by molar-refractivity contribution is 7.93. The molecule has 0 aliphatic carbocycles. The fraction of sp³-hybridized carbons (Fsp3) is 0.259. The molecule has 1 unspecified atom stereocenters. The number of benzene rings is 3. The lowest BCUT2D eigenvalue weighted by atomic mass is 10.1. The molecule has 3 aromatic rings. The molecule has 35 heavy (non-hydrogen) atoms. The van der Waals surface area contributed by atoms with E-state index in [1.54, 1.807) is 24.0 Å². The minimum absolute atomic E-state index is 0.124. The Balaban J connectivity index is 1.44. The molecule has 0 saturated carbocycles. The molecule has 182 valence electrons. The van der Waals surface area contributed by atoms with E-state index in [0.717, 1.165) is 11.1 Å². The molecule has 0 radical (unpaired) electrons. The maximum absolute atomic E-state index is 13.3. The van der Waals surface area contributed by atoms with E-state index in [-0.39, 0.29) is 17.2 Å². The monoisotopic (exact) mass is 492 g/mol. The van der Waals surface area contributed by atoms with Crippen molar-refractivity contribution in [2.24, 2.45) is 0 Å². The van der Waals surface area contributed by atoms with Crippen LogP contribution >= 0.6 is 0 Å². The normalized spacial score (nSPS) is 15.4. The van der Waals surface area contributed by atoms with Crippen molar-refractivity contribution in [1.29, 1.82) is 0 Å². The summed E-state index contributed by atoms with van der Waals surface area (Å²) in [4.78, 5) is 27.7. The van der Waals surface area contributed by atoms with Gasteiger partial charge in [0.05, 0.1) is 17.0 Å². The van der Waals surface area contributed by atoms with Crippen LogP contribution in [0.4, 0.5) is 5.69 Å². The Morgan fingerprint density at radius 1 is 0.886 bits per heavy atom. The zero-order chi connectivity index (χ0) is 24.8. The second-order valence-electron chi connectivity index (χ2n) is 8.50. The highest BCUT2D eigenvalue weighted by Gasteiger charge is 2.29. The van der Waals surface area contributed by atoms with E-state index in [4.69, 9.17) is 4.74 Å². The topological polar surface area (TPSA) is 84.0 Å². The standard InChI is InChI=1S/C27H28N2O5S/c1-21(34-27(31)24-13-15-25(16-14-24)29-17-8-18-35(29,32)33)26(30)28(19-22-9-4-2-5-10-22)20-23-11-6-3-7-12-23/h2-7,9-16,21H,8,17-20H2,1H3. The molecule has 1 heterocycles. The first-order valence-electron chi connectivity index (χ1n) is 11.5. The summed E-state index contributed by atoms with van der Waals surface area (Å²) in [5, 5.41) is 0. The predicted molar refractivity (Wildman–Crippen MR) is 134 cm³/mol. The Bertz CT molecular complexity index is 1220. The maximum Gasteiger partial charge on any atom is 0.338 e. The summed E-state index contributed by atoms with van der Waals surface area (Å²) in [5.74, 6) is -0.814. The van der Waals surface area contributed by atoms with Gasteiger partial charge in [-0.15, -0.1) is 0 Å². The first kappa shape index (κ1) is 24.5. The third-order valence-corrected chi connectivity index (χ3v) is 7.74. The van der Waals surface area contributed by atoms with Crippen molar-refractivity contribution >= 4 is 27.6 Å². The Morgan fingerprint density at radius 3 is 1.91 bits per heavy atom. The Hall–Kier alpha value is -3.65. The van der Waals surface area contributed by atoms with Crippen molar-refractivity contribution in [3.63, 3.8) is 0 Å².